The zero-order chi connectivity index (χ0) is 19.4. The predicted molar refractivity (Wildman–Crippen MR) is 121 cm³/mol. The third-order valence-electron chi connectivity index (χ3n) is 4.12. The van der Waals surface area contributed by atoms with Gasteiger partial charge in [0.2, 0.25) is 0 Å². The summed E-state index contributed by atoms with van der Waals surface area (Å²) < 4.78 is 7.92. The standard InChI is InChI=1S/C22H18Br2ClNO/c1-14-6-8-16(9-7-14)13-27-22-17(10-18(23)11-19(22)24)12-26-21-5-3-4-20(25)15(21)2/h3-12H,13H2,1-2H3. The van der Waals surface area contributed by atoms with E-state index in [4.69, 9.17) is 16.3 Å². The average Bonchev–Trinajstić information content (AvgIpc) is 2.63. The molecule has 0 atom stereocenters. The molecule has 2 nitrogen and oxygen atoms in total. The highest BCUT2D eigenvalue weighted by Gasteiger charge is 2.10. The third-order valence-corrected chi connectivity index (χ3v) is 5.58. The Morgan fingerprint density at radius 1 is 1.04 bits per heavy atom. The SMILES string of the molecule is Cc1ccc(COc2c(Br)cc(Br)cc2C=Nc2cccc(Cl)c2C)cc1. The maximum atomic E-state index is 6.19. The van der Waals surface area contributed by atoms with Gasteiger partial charge in [-0.15, -0.1) is 0 Å². The minimum atomic E-state index is 0.484. The van der Waals surface area contributed by atoms with Crippen molar-refractivity contribution in [2.24, 2.45) is 4.99 Å². The molecule has 0 fully saturated rings. The van der Waals surface area contributed by atoms with Crippen LogP contribution in [0.25, 0.3) is 0 Å². The summed E-state index contributed by atoms with van der Waals surface area (Å²) >= 11 is 13.3. The van der Waals surface area contributed by atoms with Crippen molar-refractivity contribution >= 4 is 55.4 Å². The summed E-state index contributed by atoms with van der Waals surface area (Å²) in [5.41, 5.74) is 5.01. The van der Waals surface area contributed by atoms with Gasteiger partial charge >= 0.3 is 0 Å². The second-order valence-corrected chi connectivity index (χ2v) is 8.40. The zero-order valence-corrected chi connectivity index (χ0v) is 18.9. The maximum absolute atomic E-state index is 6.19. The maximum Gasteiger partial charge on any atom is 0.142 e. The molecule has 3 aromatic rings. The Bertz CT molecular complexity index is 984. The number of aliphatic imine (C=N–C) groups is 1. The van der Waals surface area contributed by atoms with Gasteiger partial charge in [0.15, 0.2) is 0 Å². The van der Waals surface area contributed by atoms with E-state index < -0.39 is 0 Å². The number of hydrogen-bond acceptors (Lipinski definition) is 2. The lowest BCUT2D eigenvalue weighted by molar-refractivity contribution is 0.304. The monoisotopic (exact) mass is 505 g/mol. The van der Waals surface area contributed by atoms with Gasteiger partial charge in [-0.05, 0) is 65.2 Å². The van der Waals surface area contributed by atoms with Crippen molar-refractivity contribution in [1.82, 2.24) is 0 Å². The molecule has 0 heterocycles. The normalized spacial score (nSPS) is 11.1. The highest BCUT2D eigenvalue weighted by molar-refractivity contribution is 9.11. The highest BCUT2D eigenvalue weighted by atomic mass is 79.9. The first-order chi connectivity index (χ1) is 12.9. The fraction of sp³-hybridized carbons (Fsp3) is 0.136. The van der Waals surface area contributed by atoms with Crippen LogP contribution in [-0.4, -0.2) is 6.21 Å². The molecule has 138 valence electrons. The van der Waals surface area contributed by atoms with Crippen molar-refractivity contribution < 1.29 is 4.74 Å². The van der Waals surface area contributed by atoms with Crippen molar-refractivity contribution in [3.8, 4) is 5.75 Å². The second kappa shape index (κ2) is 9.05. The summed E-state index contributed by atoms with van der Waals surface area (Å²) in [6.45, 7) is 4.51. The van der Waals surface area contributed by atoms with Crippen LogP contribution in [0.5, 0.6) is 5.75 Å². The number of nitrogens with zero attached hydrogens (tertiary/aromatic N) is 1. The van der Waals surface area contributed by atoms with Crippen LogP contribution in [0.4, 0.5) is 5.69 Å². The van der Waals surface area contributed by atoms with E-state index in [2.05, 4.69) is 68.0 Å². The molecular weight excluding hydrogens is 490 g/mol. The van der Waals surface area contributed by atoms with Crippen molar-refractivity contribution in [2.75, 3.05) is 0 Å². The minimum Gasteiger partial charge on any atom is -0.487 e. The van der Waals surface area contributed by atoms with Gasteiger partial charge in [0.05, 0.1) is 10.2 Å². The molecule has 5 heteroatoms. The molecular formula is C22H18Br2ClNO. The zero-order valence-electron chi connectivity index (χ0n) is 15.0. The van der Waals surface area contributed by atoms with Crippen LogP contribution in [0.3, 0.4) is 0 Å². The van der Waals surface area contributed by atoms with E-state index in [9.17, 15) is 0 Å². The molecule has 0 aliphatic rings. The highest BCUT2D eigenvalue weighted by Crippen LogP contribution is 2.33. The number of rotatable bonds is 5. The number of aryl methyl sites for hydroxylation is 1. The van der Waals surface area contributed by atoms with Gasteiger partial charge < -0.3 is 4.74 Å². The number of halogens is 3. The van der Waals surface area contributed by atoms with E-state index in [0.717, 1.165) is 37.1 Å². The topological polar surface area (TPSA) is 21.6 Å². The van der Waals surface area contributed by atoms with E-state index >= 15 is 0 Å². The van der Waals surface area contributed by atoms with Gasteiger partial charge in [0.25, 0.3) is 0 Å². The Labute approximate surface area is 181 Å². The van der Waals surface area contributed by atoms with Crippen LogP contribution in [0.2, 0.25) is 5.02 Å². The summed E-state index contributed by atoms with van der Waals surface area (Å²) in [6, 6.07) is 18.0. The second-order valence-electron chi connectivity index (χ2n) is 6.22. The molecule has 3 aromatic carbocycles. The van der Waals surface area contributed by atoms with Crippen LogP contribution in [0, 0.1) is 13.8 Å². The molecule has 0 radical (unpaired) electrons. The Morgan fingerprint density at radius 2 is 1.78 bits per heavy atom. The van der Waals surface area contributed by atoms with Gasteiger partial charge in [-0.1, -0.05) is 63.4 Å². The minimum absolute atomic E-state index is 0.484. The summed E-state index contributed by atoms with van der Waals surface area (Å²) in [4.78, 5) is 4.62. The average molecular weight is 508 g/mol. The molecule has 27 heavy (non-hydrogen) atoms. The van der Waals surface area contributed by atoms with E-state index in [1.807, 2.05) is 37.3 Å². The molecule has 0 amide bonds. The third kappa shape index (κ3) is 5.22. The van der Waals surface area contributed by atoms with Crippen LogP contribution >= 0.6 is 43.5 Å². The predicted octanol–water partition coefficient (Wildman–Crippen LogP) is 7.81. The summed E-state index contributed by atoms with van der Waals surface area (Å²) in [5, 5.41) is 0.705. The molecule has 0 aliphatic carbocycles. The smallest absolute Gasteiger partial charge is 0.142 e. The largest absolute Gasteiger partial charge is 0.487 e. The van der Waals surface area contributed by atoms with Crippen LogP contribution in [0.1, 0.15) is 22.3 Å². The number of ether oxygens (including phenoxy) is 1. The van der Waals surface area contributed by atoms with Gasteiger partial charge in [0.1, 0.15) is 12.4 Å². The van der Waals surface area contributed by atoms with Crippen molar-refractivity contribution in [3.63, 3.8) is 0 Å². The van der Waals surface area contributed by atoms with E-state index in [1.54, 1.807) is 6.21 Å². The summed E-state index contributed by atoms with van der Waals surface area (Å²) in [5.74, 6) is 0.752. The van der Waals surface area contributed by atoms with E-state index in [-0.39, 0.29) is 0 Å². The van der Waals surface area contributed by atoms with Gasteiger partial charge in [-0.25, -0.2) is 0 Å². The van der Waals surface area contributed by atoms with Crippen molar-refractivity contribution in [1.29, 1.82) is 0 Å². The Hall–Kier alpha value is -1.62. The van der Waals surface area contributed by atoms with E-state index in [1.165, 1.54) is 5.56 Å². The molecule has 3 rings (SSSR count). The van der Waals surface area contributed by atoms with E-state index in [0.29, 0.717) is 11.6 Å². The van der Waals surface area contributed by atoms with Gasteiger partial charge in [-0.2, -0.15) is 0 Å². The first-order valence-electron chi connectivity index (χ1n) is 8.40. The molecule has 0 aliphatic heterocycles. The Balaban J connectivity index is 1.89. The fourth-order valence-corrected chi connectivity index (χ4v) is 4.09. The molecule has 0 saturated carbocycles. The molecule has 0 aromatic heterocycles. The molecule has 0 spiro atoms. The first-order valence-corrected chi connectivity index (χ1v) is 10.4. The quantitative estimate of drug-likeness (QED) is 0.323. The van der Waals surface area contributed by atoms with Crippen LogP contribution in [0.15, 0.2) is 68.5 Å². The number of benzene rings is 3. The van der Waals surface area contributed by atoms with Crippen LogP contribution < -0.4 is 4.74 Å². The van der Waals surface area contributed by atoms with Gasteiger partial charge in [0, 0.05) is 21.3 Å². The lowest BCUT2D eigenvalue weighted by Crippen LogP contribution is -2.00. The van der Waals surface area contributed by atoms with Crippen molar-refractivity contribution in [3.05, 3.63) is 90.8 Å². The molecule has 0 bridgehead atoms. The Kier molecular flexibility index (Phi) is 6.74. The van der Waals surface area contributed by atoms with Gasteiger partial charge in [-0.3, -0.25) is 4.99 Å². The van der Waals surface area contributed by atoms with Crippen LogP contribution in [-0.2, 0) is 6.61 Å². The first kappa shape index (κ1) is 20.1. The number of hydrogen-bond donors (Lipinski definition) is 0. The Morgan fingerprint density at radius 3 is 2.52 bits per heavy atom. The lowest BCUT2D eigenvalue weighted by Gasteiger charge is -2.12. The summed E-state index contributed by atoms with van der Waals surface area (Å²) in [7, 11) is 0. The lowest BCUT2D eigenvalue weighted by atomic mass is 10.1. The molecule has 0 N–H and O–H groups in total. The molecule has 0 unspecified atom stereocenters. The summed E-state index contributed by atoms with van der Waals surface area (Å²) in [6.07, 6.45) is 1.80. The molecule has 0 saturated heterocycles. The van der Waals surface area contributed by atoms with Crippen molar-refractivity contribution in [2.45, 2.75) is 20.5 Å². The fourth-order valence-electron chi connectivity index (χ4n) is 2.54.